The van der Waals surface area contributed by atoms with Gasteiger partial charge in [-0.25, -0.2) is 0 Å². The highest BCUT2D eigenvalue weighted by Gasteiger charge is 2.38. The molecule has 3 aliphatic heterocycles. The van der Waals surface area contributed by atoms with Crippen LogP contribution in [0.25, 0.3) is 0 Å². The first kappa shape index (κ1) is 13.3. The lowest BCUT2D eigenvalue weighted by Crippen LogP contribution is -2.58. The van der Waals surface area contributed by atoms with Crippen LogP contribution in [0.3, 0.4) is 0 Å². The number of piperidine rings is 2. The fourth-order valence-corrected chi connectivity index (χ4v) is 3.69. The van der Waals surface area contributed by atoms with Gasteiger partial charge < -0.3 is 19.9 Å². The number of ether oxygens (including phenoxy) is 1. The summed E-state index contributed by atoms with van der Waals surface area (Å²) in [5, 5.41) is 3.45. The van der Waals surface area contributed by atoms with E-state index in [1.165, 1.54) is 0 Å². The number of nitrogens with one attached hydrogen (secondary N) is 1. The number of carbonyl (C=O) groups excluding carboxylic acids is 1. The van der Waals surface area contributed by atoms with Crippen LogP contribution in [0.2, 0.25) is 0 Å². The molecule has 5 heteroatoms. The van der Waals surface area contributed by atoms with Gasteiger partial charge in [0.25, 0.3) is 0 Å². The second kappa shape index (κ2) is 5.77. The Hall–Kier alpha value is -0.650. The Bertz CT molecular complexity index is 337. The number of morpholine rings is 1. The van der Waals surface area contributed by atoms with Crippen molar-refractivity contribution in [3.8, 4) is 0 Å². The second-order valence-corrected chi connectivity index (χ2v) is 6.16. The predicted molar refractivity (Wildman–Crippen MR) is 72.9 cm³/mol. The molecule has 0 bridgehead atoms. The van der Waals surface area contributed by atoms with Crippen molar-refractivity contribution >= 4 is 5.91 Å². The number of fused-ring (bicyclic) bond motifs is 1. The maximum atomic E-state index is 12.2. The predicted octanol–water partition coefficient (Wildman–Crippen LogP) is -0.0825. The molecule has 3 atom stereocenters. The number of amides is 1. The van der Waals surface area contributed by atoms with Gasteiger partial charge in [-0.05, 0) is 38.9 Å². The molecule has 3 saturated heterocycles. The summed E-state index contributed by atoms with van der Waals surface area (Å²) in [5.74, 6) is 0.979. The van der Waals surface area contributed by atoms with Gasteiger partial charge in [-0.15, -0.1) is 0 Å². The number of nitrogens with zero attached hydrogens (tertiary/aromatic N) is 2. The van der Waals surface area contributed by atoms with Crippen molar-refractivity contribution in [3.63, 3.8) is 0 Å². The van der Waals surface area contributed by atoms with Crippen molar-refractivity contribution < 1.29 is 9.53 Å². The molecule has 0 spiro atoms. The number of hydrogen-bond acceptors (Lipinski definition) is 4. The van der Waals surface area contributed by atoms with Crippen LogP contribution in [0.1, 0.15) is 19.3 Å². The van der Waals surface area contributed by atoms with Crippen LogP contribution in [0.4, 0.5) is 0 Å². The number of hydrogen-bond donors (Lipinski definition) is 1. The SMILES string of the molecule is CN1CCOC(CN2C(=O)CCC3CNCCC32)C1. The van der Waals surface area contributed by atoms with E-state index in [0.29, 0.717) is 24.3 Å². The first-order valence-electron chi connectivity index (χ1n) is 7.54. The summed E-state index contributed by atoms with van der Waals surface area (Å²) in [5.41, 5.74) is 0. The quantitative estimate of drug-likeness (QED) is 0.760. The summed E-state index contributed by atoms with van der Waals surface area (Å²) in [4.78, 5) is 16.7. The van der Waals surface area contributed by atoms with Crippen LogP contribution in [0, 0.1) is 5.92 Å². The summed E-state index contributed by atoms with van der Waals surface area (Å²) in [7, 11) is 2.13. The summed E-state index contributed by atoms with van der Waals surface area (Å²) in [6, 6.07) is 0.443. The molecule has 0 aliphatic carbocycles. The van der Waals surface area contributed by atoms with E-state index in [0.717, 1.165) is 52.2 Å². The number of carbonyl (C=O) groups is 1. The van der Waals surface area contributed by atoms with E-state index in [1.54, 1.807) is 0 Å². The van der Waals surface area contributed by atoms with Crippen LogP contribution in [0.5, 0.6) is 0 Å². The smallest absolute Gasteiger partial charge is 0.222 e. The molecular weight excluding hydrogens is 242 g/mol. The topological polar surface area (TPSA) is 44.8 Å². The highest BCUT2D eigenvalue weighted by Crippen LogP contribution is 2.29. The lowest BCUT2D eigenvalue weighted by atomic mass is 9.84. The Labute approximate surface area is 115 Å². The zero-order valence-corrected chi connectivity index (χ0v) is 11.8. The Morgan fingerprint density at radius 2 is 2.32 bits per heavy atom. The van der Waals surface area contributed by atoms with Crippen molar-refractivity contribution in [1.82, 2.24) is 15.1 Å². The van der Waals surface area contributed by atoms with Crippen LogP contribution >= 0.6 is 0 Å². The van der Waals surface area contributed by atoms with Gasteiger partial charge >= 0.3 is 0 Å². The van der Waals surface area contributed by atoms with Gasteiger partial charge in [0, 0.05) is 32.1 Å². The Kier molecular flexibility index (Phi) is 4.05. The van der Waals surface area contributed by atoms with E-state index >= 15 is 0 Å². The minimum atomic E-state index is 0.191. The lowest BCUT2D eigenvalue weighted by molar-refractivity contribution is -0.144. The molecule has 0 aromatic heterocycles. The largest absolute Gasteiger partial charge is 0.374 e. The number of likely N-dealkylation sites (N-methyl/N-ethyl adjacent to an activating group) is 1. The van der Waals surface area contributed by atoms with Crippen molar-refractivity contribution in [3.05, 3.63) is 0 Å². The average Bonchev–Trinajstić information content (AvgIpc) is 2.42. The molecule has 3 aliphatic rings. The van der Waals surface area contributed by atoms with Crippen molar-refractivity contribution in [2.45, 2.75) is 31.4 Å². The molecule has 1 amide bonds. The second-order valence-electron chi connectivity index (χ2n) is 6.16. The molecule has 0 radical (unpaired) electrons. The first-order chi connectivity index (χ1) is 9.24. The van der Waals surface area contributed by atoms with Gasteiger partial charge in [-0.2, -0.15) is 0 Å². The van der Waals surface area contributed by atoms with Gasteiger partial charge in [-0.1, -0.05) is 0 Å². The molecule has 3 heterocycles. The van der Waals surface area contributed by atoms with E-state index in [-0.39, 0.29) is 6.10 Å². The zero-order chi connectivity index (χ0) is 13.2. The van der Waals surface area contributed by atoms with E-state index in [4.69, 9.17) is 4.74 Å². The minimum absolute atomic E-state index is 0.191. The Morgan fingerprint density at radius 1 is 1.42 bits per heavy atom. The third-order valence-corrected chi connectivity index (χ3v) is 4.76. The molecule has 5 nitrogen and oxygen atoms in total. The summed E-state index contributed by atoms with van der Waals surface area (Å²) >= 11 is 0. The monoisotopic (exact) mass is 267 g/mol. The highest BCUT2D eigenvalue weighted by molar-refractivity contribution is 5.77. The summed E-state index contributed by atoms with van der Waals surface area (Å²) in [6.07, 6.45) is 3.05. The maximum absolute atomic E-state index is 12.2. The van der Waals surface area contributed by atoms with Crippen LogP contribution in [0.15, 0.2) is 0 Å². The molecule has 3 fully saturated rings. The van der Waals surface area contributed by atoms with Crippen LogP contribution in [-0.2, 0) is 9.53 Å². The van der Waals surface area contributed by atoms with Gasteiger partial charge in [0.05, 0.1) is 12.7 Å². The van der Waals surface area contributed by atoms with Crippen LogP contribution < -0.4 is 5.32 Å². The van der Waals surface area contributed by atoms with E-state index in [9.17, 15) is 4.79 Å². The van der Waals surface area contributed by atoms with Gasteiger partial charge in [0.1, 0.15) is 0 Å². The highest BCUT2D eigenvalue weighted by atomic mass is 16.5. The molecular formula is C14H25N3O2. The van der Waals surface area contributed by atoms with Gasteiger partial charge in [-0.3, -0.25) is 4.79 Å². The molecule has 108 valence electrons. The first-order valence-corrected chi connectivity index (χ1v) is 7.54. The van der Waals surface area contributed by atoms with Crippen molar-refractivity contribution in [2.75, 3.05) is 46.4 Å². The summed E-state index contributed by atoms with van der Waals surface area (Å²) in [6.45, 7) is 5.62. The average molecular weight is 267 g/mol. The Balaban J connectivity index is 1.64. The molecule has 0 aromatic rings. The number of rotatable bonds is 2. The maximum Gasteiger partial charge on any atom is 0.222 e. The molecule has 3 rings (SSSR count). The number of likely N-dealkylation sites (tertiary alicyclic amines) is 1. The third-order valence-electron chi connectivity index (χ3n) is 4.76. The van der Waals surface area contributed by atoms with Gasteiger partial charge in [0.15, 0.2) is 0 Å². The molecule has 19 heavy (non-hydrogen) atoms. The fourth-order valence-electron chi connectivity index (χ4n) is 3.69. The Morgan fingerprint density at radius 3 is 3.16 bits per heavy atom. The van der Waals surface area contributed by atoms with Crippen molar-refractivity contribution in [1.29, 1.82) is 0 Å². The zero-order valence-electron chi connectivity index (χ0n) is 11.8. The van der Waals surface area contributed by atoms with E-state index in [1.807, 2.05) is 0 Å². The van der Waals surface area contributed by atoms with Gasteiger partial charge in [0.2, 0.25) is 5.91 Å². The molecule has 3 unspecified atom stereocenters. The molecule has 0 saturated carbocycles. The summed E-state index contributed by atoms with van der Waals surface area (Å²) < 4.78 is 5.83. The van der Waals surface area contributed by atoms with Crippen molar-refractivity contribution in [2.24, 2.45) is 5.92 Å². The van der Waals surface area contributed by atoms with E-state index < -0.39 is 0 Å². The standard InChI is InChI=1S/C14H25N3O2/c1-16-6-7-19-12(9-16)10-17-13-4-5-15-8-11(13)2-3-14(17)18/h11-13,15H,2-10H2,1H3. The normalized spacial score (nSPS) is 37.2. The van der Waals surface area contributed by atoms with E-state index in [2.05, 4.69) is 22.2 Å². The van der Waals surface area contributed by atoms with Crippen LogP contribution in [-0.4, -0.2) is 74.2 Å². The minimum Gasteiger partial charge on any atom is -0.374 e. The molecule has 0 aromatic carbocycles. The lowest BCUT2D eigenvalue weighted by Gasteiger charge is -2.46. The molecule has 1 N–H and O–H groups in total. The fraction of sp³-hybridized carbons (Fsp3) is 0.929. The third kappa shape index (κ3) is 2.93.